The lowest BCUT2D eigenvalue weighted by atomic mass is 9.85. The standard InChI is InChI=1S/C24H58O3Si4/c1-17-21(5,26-31(15,16)24(8,20-4)27-30(12,13)14)22(6,18-2)29(11)25-23(7,19-3)28(9)10/h28-29H,17-20H2,1-16H3. The highest BCUT2D eigenvalue weighted by Gasteiger charge is 2.56. The molecule has 3 nitrogen and oxygen atoms in total. The van der Waals surface area contributed by atoms with Gasteiger partial charge in [0.2, 0.25) is 8.32 Å². The van der Waals surface area contributed by atoms with Crippen molar-refractivity contribution in [3.8, 4) is 0 Å². The Labute approximate surface area is 202 Å². The predicted octanol–water partition coefficient (Wildman–Crippen LogP) is 7.67. The summed E-state index contributed by atoms with van der Waals surface area (Å²) in [4.78, 5) is 0. The van der Waals surface area contributed by atoms with Crippen molar-refractivity contribution in [1.29, 1.82) is 0 Å². The summed E-state index contributed by atoms with van der Waals surface area (Å²) in [5.41, 5.74) is -0.213. The van der Waals surface area contributed by atoms with Crippen molar-refractivity contribution in [2.45, 2.75) is 155 Å². The molecule has 0 aliphatic heterocycles. The van der Waals surface area contributed by atoms with Crippen molar-refractivity contribution < 1.29 is 13.3 Å². The molecule has 0 aliphatic rings. The van der Waals surface area contributed by atoms with E-state index in [0.717, 1.165) is 25.7 Å². The van der Waals surface area contributed by atoms with Crippen LogP contribution in [0.2, 0.25) is 57.4 Å². The third kappa shape index (κ3) is 7.12. The monoisotopic (exact) mass is 506 g/mol. The Morgan fingerprint density at radius 2 is 1.16 bits per heavy atom. The molecule has 188 valence electrons. The third-order valence-corrected chi connectivity index (χ3v) is 21.0. The van der Waals surface area contributed by atoms with Gasteiger partial charge in [-0.2, -0.15) is 0 Å². The van der Waals surface area contributed by atoms with Crippen molar-refractivity contribution in [2.75, 3.05) is 0 Å². The highest BCUT2D eigenvalue weighted by Crippen LogP contribution is 2.52. The van der Waals surface area contributed by atoms with E-state index in [1.54, 1.807) is 0 Å². The molecule has 7 heteroatoms. The molecule has 0 saturated heterocycles. The Balaban J connectivity index is 6.19. The van der Waals surface area contributed by atoms with Crippen molar-refractivity contribution in [3.63, 3.8) is 0 Å². The van der Waals surface area contributed by atoms with E-state index in [9.17, 15) is 0 Å². The molecular formula is C24H58O3Si4. The van der Waals surface area contributed by atoms with Gasteiger partial charge in [0.15, 0.2) is 17.4 Å². The molecule has 0 amide bonds. The quantitative estimate of drug-likeness (QED) is 0.226. The second kappa shape index (κ2) is 11.0. The summed E-state index contributed by atoms with van der Waals surface area (Å²) in [6.07, 6.45) is 4.20. The minimum absolute atomic E-state index is 0.0551. The van der Waals surface area contributed by atoms with Crippen LogP contribution in [-0.4, -0.2) is 50.5 Å². The molecule has 5 unspecified atom stereocenters. The second-order valence-electron chi connectivity index (χ2n) is 12.3. The van der Waals surface area contributed by atoms with Gasteiger partial charge in [-0.15, -0.1) is 0 Å². The largest absolute Gasteiger partial charge is 0.418 e. The lowest BCUT2D eigenvalue weighted by Gasteiger charge is -2.56. The molecule has 0 aromatic carbocycles. The van der Waals surface area contributed by atoms with Crippen LogP contribution in [0.5, 0.6) is 0 Å². The first kappa shape index (κ1) is 31.7. The van der Waals surface area contributed by atoms with E-state index in [0.29, 0.717) is 0 Å². The van der Waals surface area contributed by atoms with Gasteiger partial charge in [0.05, 0.1) is 19.6 Å². The zero-order valence-electron chi connectivity index (χ0n) is 24.2. The molecule has 0 aromatic heterocycles. The summed E-state index contributed by atoms with van der Waals surface area (Å²) in [7, 11) is -6.39. The van der Waals surface area contributed by atoms with Crippen LogP contribution in [0.3, 0.4) is 0 Å². The summed E-state index contributed by atoms with van der Waals surface area (Å²) in [6, 6.07) is 0. The third-order valence-electron chi connectivity index (χ3n) is 8.84. The van der Waals surface area contributed by atoms with Crippen molar-refractivity contribution in [3.05, 3.63) is 0 Å². The van der Waals surface area contributed by atoms with E-state index in [1.807, 2.05) is 0 Å². The van der Waals surface area contributed by atoms with Crippen LogP contribution in [0.15, 0.2) is 0 Å². The zero-order chi connectivity index (χ0) is 25.1. The maximum atomic E-state index is 7.36. The normalized spacial score (nSPS) is 22.4. The SMILES string of the molecule is CCC(C)(O[SiH](C)C(C)(CC)C(C)(CC)O[Si](C)(C)C(C)(CC)O[Si](C)(C)C)[SiH](C)C. The maximum absolute atomic E-state index is 7.36. The van der Waals surface area contributed by atoms with Gasteiger partial charge in [0.25, 0.3) is 0 Å². The van der Waals surface area contributed by atoms with E-state index < -0.39 is 34.5 Å². The molecule has 0 N–H and O–H groups in total. The Morgan fingerprint density at radius 3 is 1.45 bits per heavy atom. The van der Waals surface area contributed by atoms with Crippen LogP contribution in [-0.2, 0) is 13.3 Å². The van der Waals surface area contributed by atoms with Crippen molar-refractivity contribution >= 4 is 34.5 Å². The van der Waals surface area contributed by atoms with Crippen LogP contribution in [0.4, 0.5) is 0 Å². The summed E-state index contributed by atoms with van der Waals surface area (Å²) >= 11 is 0. The summed E-state index contributed by atoms with van der Waals surface area (Å²) in [5.74, 6) is 0. The molecule has 0 radical (unpaired) electrons. The van der Waals surface area contributed by atoms with Crippen LogP contribution in [0.25, 0.3) is 0 Å². The molecular weight excluding hydrogens is 449 g/mol. The number of rotatable bonds is 14. The van der Waals surface area contributed by atoms with Gasteiger partial charge < -0.3 is 13.3 Å². The van der Waals surface area contributed by atoms with Crippen molar-refractivity contribution in [1.82, 2.24) is 0 Å². The predicted molar refractivity (Wildman–Crippen MR) is 151 cm³/mol. The van der Waals surface area contributed by atoms with Gasteiger partial charge in [-0.05, 0) is 85.7 Å². The van der Waals surface area contributed by atoms with Gasteiger partial charge in [-0.1, -0.05) is 47.7 Å². The topological polar surface area (TPSA) is 27.7 Å². The first-order valence-electron chi connectivity index (χ1n) is 12.8. The molecule has 31 heavy (non-hydrogen) atoms. The second-order valence-corrected chi connectivity index (χ2v) is 27.4. The lowest BCUT2D eigenvalue weighted by molar-refractivity contribution is -0.00812. The molecule has 5 atom stereocenters. The molecule has 0 heterocycles. The van der Waals surface area contributed by atoms with Crippen LogP contribution < -0.4 is 0 Å². The Kier molecular flexibility index (Phi) is 11.3. The van der Waals surface area contributed by atoms with Crippen LogP contribution in [0.1, 0.15) is 81.1 Å². The average molecular weight is 507 g/mol. The number of hydrogen-bond donors (Lipinski definition) is 0. The van der Waals surface area contributed by atoms with E-state index in [2.05, 4.69) is 108 Å². The van der Waals surface area contributed by atoms with Crippen LogP contribution in [0, 0.1) is 0 Å². The first-order chi connectivity index (χ1) is 13.7. The first-order valence-corrected chi connectivity index (χ1v) is 24.2. The molecule has 0 aromatic rings. The Hall–Kier alpha value is 0.748. The van der Waals surface area contributed by atoms with E-state index in [1.165, 1.54) is 0 Å². The fraction of sp³-hybridized carbons (Fsp3) is 1.00. The average Bonchev–Trinajstić information content (AvgIpc) is 2.64. The van der Waals surface area contributed by atoms with E-state index in [-0.39, 0.29) is 21.1 Å². The number of hydrogen-bond acceptors (Lipinski definition) is 3. The van der Waals surface area contributed by atoms with E-state index in [4.69, 9.17) is 13.3 Å². The highest BCUT2D eigenvalue weighted by atomic mass is 28.4. The lowest BCUT2D eigenvalue weighted by Crippen LogP contribution is -2.65. The molecule has 0 rings (SSSR count). The minimum atomic E-state index is -2.20. The van der Waals surface area contributed by atoms with Gasteiger partial charge in [-0.25, -0.2) is 0 Å². The minimum Gasteiger partial charge on any atom is -0.418 e. The Morgan fingerprint density at radius 1 is 0.677 bits per heavy atom. The molecule has 0 bridgehead atoms. The molecule has 0 aliphatic carbocycles. The summed E-state index contributed by atoms with van der Waals surface area (Å²) < 4.78 is 21.3. The Bertz CT molecular complexity index is 566. The van der Waals surface area contributed by atoms with Gasteiger partial charge in [0.1, 0.15) is 0 Å². The maximum Gasteiger partial charge on any atom is 0.217 e. The van der Waals surface area contributed by atoms with Crippen molar-refractivity contribution in [2.24, 2.45) is 0 Å². The fourth-order valence-corrected chi connectivity index (χ4v) is 16.3. The fourth-order valence-electron chi connectivity index (χ4n) is 4.81. The van der Waals surface area contributed by atoms with Crippen LogP contribution >= 0.6 is 0 Å². The highest BCUT2D eigenvalue weighted by molar-refractivity contribution is 6.77. The smallest absolute Gasteiger partial charge is 0.217 e. The van der Waals surface area contributed by atoms with Gasteiger partial charge >= 0.3 is 0 Å². The summed E-state index contributed by atoms with van der Waals surface area (Å²) in [6.45, 7) is 37.6. The molecule has 0 spiro atoms. The van der Waals surface area contributed by atoms with Gasteiger partial charge in [-0.3, -0.25) is 0 Å². The molecule has 0 saturated carbocycles. The molecule has 0 fully saturated rings. The van der Waals surface area contributed by atoms with E-state index >= 15 is 0 Å². The van der Waals surface area contributed by atoms with Gasteiger partial charge in [0, 0.05) is 10.3 Å². The zero-order valence-corrected chi connectivity index (χ0v) is 28.5. The summed E-state index contributed by atoms with van der Waals surface area (Å²) in [5, 5.41) is -0.0565.